The molecule has 0 spiro atoms. The lowest BCUT2D eigenvalue weighted by atomic mass is 10.2. The first kappa shape index (κ1) is 17.2. The third kappa shape index (κ3) is 4.46. The average molecular weight is 343 g/mol. The van der Waals surface area contributed by atoms with Crippen molar-refractivity contribution in [2.24, 2.45) is 5.92 Å². The Kier molecular flexibility index (Phi) is 5.16. The Morgan fingerprint density at radius 2 is 2.04 bits per heavy atom. The Hall–Kier alpha value is -2.64. The second-order valence-corrected chi connectivity index (χ2v) is 6.71. The molecule has 0 aromatic carbocycles. The van der Waals surface area contributed by atoms with Gasteiger partial charge in [0.15, 0.2) is 0 Å². The molecule has 2 aromatic heterocycles. The molecule has 0 radical (unpaired) electrons. The van der Waals surface area contributed by atoms with Gasteiger partial charge in [0.2, 0.25) is 0 Å². The summed E-state index contributed by atoms with van der Waals surface area (Å²) in [5.41, 5.74) is 0.736. The highest BCUT2D eigenvalue weighted by molar-refractivity contribution is 5.89. The molecular formula is C17H25N7O. The predicted molar refractivity (Wildman–Crippen MR) is 96.6 cm³/mol. The summed E-state index contributed by atoms with van der Waals surface area (Å²) in [7, 11) is 0. The van der Waals surface area contributed by atoms with Gasteiger partial charge in [0.25, 0.3) is 0 Å². The monoisotopic (exact) mass is 343 g/mol. The van der Waals surface area contributed by atoms with E-state index in [4.69, 9.17) is 0 Å². The van der Waals surface area contributed by atoms with Crippen LogP contribution in [0.3, 0.4) is 0 Å². The number of anilines is 2. The van der Waals surface area contributed by atoms with Gasteiger partial charge in [0.1, 0.15) is 11.6 Å². The number of aryl methyl sites for hydroxylation is 1. The van der Waals surface area contributed by atoms with Gasteiger partial charge in [-0.15, -0.1) is 0 Å². The van der Waals surface area contributed by atoms with Crippen molar-refractivity contribution in [1.82, 2.24) is 24.6 Å². The van der Waals surface area contributed by atoms with E-state index in [9.17, 15) is 4.79 Å². The Bertz CT molecular complexity index is 719. The third-order valence-corrected chi connectivity index (χ3v) is 4.09. The normalized spacial score (nSPS) is 14.9. The van der Waals surface area contributed by atoms with Gasteiger partial charge in [-0.1, -0.05) is 13.8 Å². The lowest BCUT2D eigenvalue weighted by molar-refractivity contribution is 0.208. The number of amides is 2. The van der Waals surface area contributed by atoms with Crippen LogP contribution in [0, 0.1) is 12.8 Å². The maximum Gasteiger partial charge on any atom is 0.322 e. The molecule has 2 amide bonds. The summed E-state index contributed by atoms with van der Waals surface area (Å²) in [5, 5.41) is 7.20. The zero-order valence-electron chi connectivity index (χ0n) is 15.0. The first-order valence-corrected chi connectivity index (χ1v) is 8.64. The van der Waals surface area contributed by atoms with E-state index in [1.54, 1.807) is 12.4 Å². The highest BCUT2D eigenvalue weighted by Gasteiger charge is 2.22. The van der Waals surface area contributed by atoms with Crippen molar-refractivity contribution in [2.45, 2.75) is 27.3 Å². The van der Waals surface area contributed by atoms with Crippen molar-refractivity contribution in [3.8, 4) is 0 Å². The van der Waals surface area contributed by atoms with Crippen LogP contribution >= 0.6 is 0 Å². The molecule has 1 fully saturated rings. The lowest BCUT2D eigenvalue weighted by Crippen LogP contribution is -2.50. The third-order valence-electron chi connectivity index (χ3n) is 4.09. The molecule has 0 atom stereocenters. The molecule has 2 aromatic rings. The molecule has 0 bridgehead atoms. The Labute approximate surface area is 147 Å². The maximum atomic E-state index is 12.4. The Morgan fingerprint density at radius 1 is 1.28 bits per heavy atom. The van der Waals surface area contributed by atoms with Crippen LogP contribution in [0.2, 0.25) is 0 Å². The van der Waals surface area contributed by atoms with Crippen molar-refractivity contribution in [2.75, 3.05) is 36.4 Å². The first-order valence-electron chi connectivity index (χ1n) is 8.64. The minimum absolute atomic E-state index is 0.0809. The largest absolute Gasteiger partial charge is 0.353 e. The number of nitrogens with zero attached hydrogens (tertiary/aromatic N) is 6. The summed E-state index contributed by atoms with van der Waals surface area (Å²) in [6, 6.07) is 1.83. The van der Waals surface area contributed by atoms with Crippen LogP contribution < -0.4 is 10.2 Å². The standard InChI is InChI=1S/C17H25N7O/c1-13(2)11-24-12-15(10-19-24)21-17(25)23-8-6-22(7-9-23)16-4-5-18-14(3)20-16/h4-5,10,12-13H,6-9,11H2,1-3H3,(H,21,25). The van der Waals surface area contributed by atoms with E-state index in [-0.39, 0.29) is 6.03 Å². The molecule has 25 heavy (non-hydrogen) atoms. The lowest BCUT2D eigenvalue weighted by Gasteiger charge is -2.35. The fourth-order valence-corrected chi connectivity index (χ4v) is 2.86. The number of piperazine rings is 1. The summed E-state index contributed by atoms with van der Waals surface area (Å²) >= 11 is 0. The average Bonchev–Trinajstić information content (AvgIpc) is 3.01. The summed E-state index contributed by atoms with van der Waals surface area (Å²) in [6.45, 7) is 9.84. The van der Waals surface area contributed by atoms with Crippen molar-refractivity contribution in [1.29, 1.82) is 0 Å². The number of hydrogen-bond donors (Lipinski definition) is 1. The summed E-state index contributed by atoms with van der Waals surface area (Å²) in [6.07, 6.45) is 5.34. The number of aromatic nitrogens is 4. The molecule has 8 heteroatoms. The molecule has 0 saturated carbocycles. The van der Waals surface area contributed by atoms with Gasteiger partial charge >= 0.3 is 6.03 Å². The van der Waals surface area contributed by atoms with Gasteiger partial charge in [-0.25, -0.2) is 14.8 Å². The number of carbonyl (C=O) groups is 1. The van der Waals surface area contributed by atoms with Crippen LogP contribution in [-0.2, 0) is 6.54 Å². The van der Waals surface area contributed by atoms with Gasteiger partial charge in [-0.2, -0.15) is 5.10 Å². The van der Waals surface area contributed by atoms with Crippen LogP contribution in [0.5, 0.6) is 0 Å². The number of rotatable bonds is 4. The van der Waals surface area contributed by atoms with E-state index < -0.39 is 0 Å². The zero-order valence-corrected chi connectivity index (χ0v) is 15.0. The summed E-state index contributed by atoms with van der Waals surface area (Å²) in [4.78, 5) is 25.0. The highest BCUT2D eigenvalue weighted by atomic mass is 16.2. The molecule has 0 unspecified atom stereocenters. The van der Waals surface area contributed by atoms with E-state index >= 15 is 0 Å². The van der Waals surface area contributed by atoms with Gasteiger partial charge in [0, 0.05) is 45.1 Å². The minimum Gasteiger partial charge on any atom is -0.353 e. The molecule has 3 rings (SSSR count). The van der Waals surface area contributed by atoms with E-state index in [1.807, 2.05) is 28.8 Å². The van der Waals surface area contributed by atoms with Gasteiger partial charge in [0.05, 0.1) is 11.9 Å². The summed E-state index contributed by atoms with van der Waals surface area (Å²) < 4.78 is 1.86. The van der Waals surface area contributed by atoms with Crippen molar-refractivity contribution in [3.63, 3.8) is 0 Å². The minimum atomic E-state index is -0.0809. The number of hydrogen-bond acceptors (Lipinski definition) is 5. The second-order valence-electron chi connectivity index (χ2n) is 6.71. The van der Waals surface area contributed by atoms with Crippen LogP contribution in [0.4, 0.5) is 16.3 Å². The van der Waals surface area contributed by atoms with Crippen LogP contribution in [0.25, 0.3) is 0 Å². The first-order chi connectivity index (χ1) is 12.0. The molecule has 1 aliphatic heterocycles. The van der Waals surface area contributed by atoms with Crippen molar-refractivity contribution >= 4 is 17.5 Å². The zero-order chi connectivity index (χ0) is 17.8. The molecule has 134 valence electrons. The van der Waals surface area contributed by atoms with E-state index in [1.165, 1.54) is 0 Å². The SMILES string of the molecule is Cc1nccc(N2CCN(C(=O)Nc3cnn(CC(C)C)c3)CC2)n1. The Balaban J connectivity index is 1.52. The van der Waals surface area contributed by atoms with E-state index in [0.29, 0.717) is 19.0 Å². The van der Waals surface area contributed by atoms with Crippen molar-refractivity contribution in [3.05, 3.63) is 30.5 Å². The van der Waals surface area contributed by atoms with Gasteiger partial charge in [-0.05, 0) is 18.9 Å². The quantitative estimate of drug-likeness (QED) is 0.918. The second kappa shape index (κ2) is 7.50. The van der Waals surface area contributed by atoms with Crippen LogP contribution in [0.1, 0.15) is 19.7 Å². The highest BCUT2D eigenvalue weighted by Crippen LogP contribution is 2.14. The molecule has 1 N–H and O–H groups in total. The fraction of sp³-hybridized carbons (Fsp3) is 0.529. The van der Waals surface area contributed by atoms with Crippen LogP contribution in [-0.4, -0.2) is 56.9 Å². The molecule has 1 aliphatic rings. The topological polar surface area (TPSA) is 79.2 Å². The molecule has 1 saturated heterocycles. The maximum absolute atomic E-state index is 12.4. The molecule has 3 heterocycles. The molecule has 0 aliphatic carbocycles. The molecule has 8 nitrogen and oxygen atoms in total. The number of carbonyl (C=O) groups excluding carboxylic acids is 1. The molecular weight excluding hydrogens is 318 g/mol. The van der Waals surface area contributed by atoms with E-state index in [0.717, 1.165) is 37.0 Å². The van der Waals surface area contributed by atoms with Crippen LogP contribution in [0.15, 0.2) is 24.7 Å². The van der Waals surface area contributed by atoms with Crippen molar-refractivity contribution < 1.29 is 4.79 Å². The fourth-order valence-electron chi connectivity index (χ4n) is 2.86. The van der Waals surface area contributed by atoms with Gasteiger partial charge in [-0.3, -0.25) is 4.68 Å². The predicted octanol–water partition coefficient (Wildman–Crippen LogP) is 1.99. The van der Waals surface area contributed by atoms with E-state index in [2.05, 4.69) is 39.1 Å². The summed E-state index contributed by atoms with van der Waals surface area (Å²) in [5.74, 6) is 2.19. The van der Waals surface area contributed by atoms with Gasteiger partial charge < -0.3 is 15.1 Å². The smallest absolute Gasteiger partial charge is 0.322 e. The Morgan fingerprint density at radius 3 is 2.72 bits per heavy atom. The number of urea groups is 1. The number of nitrogens with one attached hydrogen (secondary N) is 1.